The minimum absolute atomic E-state index is 0.229. The number of hydrogen-bond donors (Lipinski definition) is 0. The minimum atomic E-state index is -0.950. The number of aryl methyl sites for hydroxylation is 1. The van der Waals surface area contributed by atoms with Crippen molar-refractivity contribution in [2.75, 3.05) is 0 Å². The van der Waals surface area contributed by atoms with E-state index in [2.05, 4.69) is 4.94 Å². The lowest BCUT2D eigenvalue weighted by molar-refractivity contribution is -0.0788. The molecule has 0 aliphatic heterocycles. The second kappa shape index (κ2) is 3.14. The number of carbonyl (C=O) groups excluding carboxylic acids is 1. The van der Waals surface area contributed by atoms with Gasteiger partial charge in [-0.2, -0.15) is 0 Å². The summed E-state index contributed by atoms with van der Waals surface area (Å²) >= 11 is 0. The molecule has 0 unspecified atom stereocenters. The monoisotopic (exact) mass is 154 g/mol. The summed E-state index contributed by atoms with van der Waals surface area (Å²) < 4.78 is 11.4. The molecule has 0 radical (unpaired) electrons. The predicted molar refractivity (Wildman–Crippen MR) is 37.7 cm³/mol. The van der Waals surface area contributed by atoms with Gasteiger partial charge in [0.15, 0.2) is 0 Å². The highest BCUT2D eigenvalue weighted by atomic mass is 19.3. The van der Waals surface area contributed by atoms with Gasteiger partial charge in [-0.05, 0) is 19.1 Å². The molecule has 1 rings (SSSR count). The predicted octanol–water partition coefficient (Wildman–Crippen LogP) is 2.04. The molecule has 1 aromatic rings. The zero-order chi connectivity index (χ0) is 8.27. The van der Waals surface area contributed by atoms with Crippen molar-refractivity contribution in [2.45, 2.75) is 6.92 Å². The lowest BCUT2D eigenvalue weighted by Gasteiger charge is -1.95. The Morgan fingerprint density at radius 2 is 2.27 bits per heavy atom. The summed E-state index contributed by atoms with van der Waals surface area (Å²) in [5.41, 5.74) is 1.13. The molecule has 0 amide bonds. The van der Waals surface area contributed by atoms with E-state index in [4.69, 9.17) is 0 Å². The Balaban J connectivity index is 2.96. The molecule has 0 N–H and O–H groups in total. The lowest BCUT2D eigenvalue weighted by atomic mass is 10.1. The number of carbonyl (C=O) groups is 1. The topological polar surface area (TPSA) is 26.3 Å². The largest absolute Gasteiger partial charge is 0.379 e. The van der Waals surface area contributed by atoms with E-state index in [9.17, 15) is 9.32 Å². The van der Waals surface area contributed by atoms with Crippen molar-refractivity contribution >= 4 is 5.97 Å². The number of rotatable bonds is 1. The van der Waals surface area contributed by atoms with Crippen molar-refractivity contribution < 1.29 is 14.3 Å². The number of halogens is 1. The maximum absolute atomic E-state index is 11.4. The quantitative estimate of drug-likeness (QED) is 0.618. The molecule has 0 aromatic heterocycles. The zero-order valence-electron chi connectivity index (χ0n) is 6.00. The van der Waals surface area contributed by atoms with Crippen LogP contribution in [0.25, 0.3) is 0 Å². The summed E-state index contributed by atoms with van der Waals surface area (Å²) in [6.07, 6.45) is 0. The fourth-order valence-electron chi connectivity index (χ4n) is 0.817. The van der Waals surface area contributed by atoms with Crippen LogP contribution in [0.3, 0.4) is 0 Å². The van der Waals surface area contributed by atoms with Gasteiger partial charge in [0.1, 0.15) is 0 Å². The van der Waals surface area contributed by atoms with E-state index < -0.39 is 5.97 Å². The standard InChI is InChI=1S/C8H7FO2/c1-6-3-2-4-7(5-6)8(10)11-9/h2-5H,1H3. The molecule has 0 saturated heterocycles. The van der Waals surface area contributed by atoms with Crippen molar-refractivity contribution in [1.29, 1.82) is 0 Å². The average Bonchev–Trinajstić information content (AvgIpc) is 2.03. The third-order valence-electron chi connectivity index (χ3n) is 1.32. The van der Waals surface area contributed by atoms with Crippen LogP contribution in [0, 0.1) is 6.92 Å². The number of benzene rings is 1. The van der Waals surface area contributed by atoms with Crippen molar-refractivity contribution in [1.82, 2.24) is 0 Å². The van der Waals surface area contributed by atoms with Gasteiger partial charge in [0, 0.05) is 4.53 Å². The summed E-state index contributed by atoms with van der Waals surface area (Å²) in [6, 6.07) is 6.54. The molecule has 58 valence electrons. The van der Waals surface area contributed by atoms with E-state index in [1.807, 2.05) is 13.0 Å². The molecule has 1 aromatic carbocycles. The number of hydrogen-bond acceptors (Lipinski definition) is 2. The van der Waals surface area contributed by atoms with Gasteiger partial charge < -0.3 is 0 Å². The molecule has 0 aliphatic carbocycles. The first kappa shape index (κ1) is 7.72. The minimum Gasteiger partial charge on any atom is -0.249 e. The molecule has 0 atom stereocenters. The Bertz CT molecular complexity index is 271. The first-order chi connectivity index (χ1) is 5.24. The van der Waals surface area contributed by atoms with Gasteiger partial charge in [-0.15, -0.1) is 0 Å². The van der Waals surface area contributed by atoms with Crippen LogP contribution in [0.4, 0.5) is 4.53 Å². The van der Waals surface area contributed by atoms with Gasteiger partial charge in [-0.3, -0.25) is 0 Å². The van der Waals surface area contributed by atoms with E-state index in [-0.39, 0.29) is 5.56 Å². The highest BCUT2D eigenvalue weighted by Crippen LogP contribution is 2.05. The van der Waals surface area contributed by atoms with E-state index in [1.165, 1.54) is 6.07 Å². The molecular weight excluding hydrogens is 147 g/mol. The van der Waals surface area contributed by atoms with Gasteiger partial charge in [-0.25, -0.2) is 9.74 Å². The van der Waals surface area contributed by atoms with Crippen LogP contribution < -0.4 is 0 Å². The van der Waals surface area contributed by atoms with Crippen LogP contribution in [0.15, 0.2) is 24.3 Å². The first-order valence-corrected chi connectivity index (χ1v) is 3.13. The van der Waals surface area contributed by atoms with Crippen LogP contribution in [0.5, 0.6) is 0 Å². The molecule has 0 fully saturated rings. The summed E-state index contributed by atoms with van der Waals surface area (Å²) in [5.74, 6) is -0.950. The Kier molecular flexibility index (Phi) is 2.21. The van der Waals surface area contributed by atoms with Crippen LogP contribution in [0.2, 0.25) is 0 Å². The molecule has 0 bridgehead atoms. The lowest BCUT2D eigenvalue weighted by Crippen LogP contribution is -1.97. The Labute approximate surface area is 63.5 Å². The molecular formula is C8H7FO2. The summed E-state index contributed by atoms with van der Waals surface area (Å²) in [7, 11) is 0. The third kappa shape index (κ3) is 1.77. The van der Waals surface area contributed by atoms with Crippen molar-refractivity contribution in [3.05, 3.63) is 35.4 Å². The maximum Gasteiger partial charge on any atom is 0.379 e. The van der Waals surface area contributed by atoms with E-state index in [0.717, 1.165) is 5.56 Å². The van der Waals surface area contributed by atoms with E-state index in [1.54, 1.807) is 12.1 Å². The zero-order valence-corrected chi connectivity index (χ0v) is 6.00. The fourth-order valence-corrected chi connectivity index (χ4v) is 0.817. The molecule has 0 spiro atoms. The Hall–Kier alpha value is -1.38. The van der Waals surface area contributed by atoms with Gasteiger partial charge in [0.2, 0.25) is 0 Å². The first-order valence-electron chi connectivity index (χ1n) is 3.13. The second-order valence-corrected chi connectivity index (χ2v) is 2.23. The highest BCUT2D eigenvalue weighted by molar-refractivity contribution is 5.89. The Morgan fingerprint density at radius 1 is 1.55 bits per heavy atom. The highest BCUT2D eigenvalue weighted by Gasteiger charge is 2.05. The Morgan fingerprint density at radius 3 is 2.82 bits per heavy atom. The molecule has 0 heterocycles. The van der Waals surface area contributed by atoms with Gasteiger partial charge in [0.25, 0.3) is 0 Å². The SMILES string of the molecule is Cc1cccc(C(=O)OF)c1. The van der Waals surface area contributed by atoms with Crippen molar-refractivity contribution in [3.63, 3.8) is 0 Å². The average molecular weight is 154 g/mol. The molecule has 11 heavy (non-hydrogen) atoms. The summed E-state index contributed by atoms with van der Waals surface area (Å²) in [6.45, 7) is 1.81. The van der Waals surface area contributed by atoms with Gasteiger partial charge in [0.05, 0.1) is 5.56 Å². The van der Waals surface area contributed by atoms with E-state index in [0.29, 0.717) is 0 Å². The third-order valence-corrected chi connectivity index (χ3v) is 1.32. The van der Waals surface area contributed by atoms with Gasteiger partial charge in [-0.1, -0.05) is 17.7 Å². The molecule has 0 aliphatic rings. The molecule has 0 saturated carbocycles. The van der Waals surface area contributed by atoms with Crippen LogP contribution in [-0.4, -0.2) is 5.97 Å². The normalized spacial score (nSPS) is 9.27. The van der Waals surface area contributed by atoms with Gasteiger partial charge >= 0.3 is 5.97 Å². The van der Waals surface area contributed by atoms with Crippen LogP contribution in [-0.2, 0) is 4.94 Å². The van der Waals surface area contributed by atoms with Crippen LogP contribution >= 0.6 is 0 Å². The van der Waals surface area contributed by atoms with Crippen molar-refractivity contribution in [2.24, 2.45) is 0 Å². The molecule has 3 heteroatoms. The van der Waals surface area contributed by atoms with Crippen molar-refractivity contribution in [3.8, 4) is 0 Å². The summed E-state index contributed by atoms with van der Waals surface area (Å²) in [4.78, 5) is 13.6. The maximum atomic E-state index is 11.4. The fraction of sp³-hybridized carbons (Fsp3) is 0.125. The second-order valence-electron chi connectivity index (χ2n) is 2.23. The van der Waals surface area contributed by atoms with E-state index >= 15 is 0 Å². The van der Waals surface area contributed by atoms with Crippen LogP contribution in [0.1, 0.15) is 15.9 Å². The summed E-state index contributed by atoms with van der Waals surface area (Å²) in [5, 5.41) is 0. The molecule has 2 nitrogen and oxygen atoms in total. The smallest absolute Gasteiger partial charge is 0.249 e.